The van der Waals surface area contributed by atoms with Crippen molar-refractivity contribution in [1.82, 2.24) is 0 Å². The van der Waals surface area contributed by atoms with Crippen LogP contribution in [0.5, 0.6) is 0 Å². The SMILES string of the molecule is CC(C)CCCCCCCCCCCCCC(=O)OC[C@H](COP(=O)(O)OCC(O)COP(=O)(O)OC[C@@H](COC(=O)CCCCCCCCCCC(C)C)OC(=O)CCCCCCCCCCC(C)C)OC(=O)CCCCCCCCCCC(C)C. The molecule has 0 spiro atoms. The molecule has 0 aliphatic heterocycles. The molecule has 0 aliphatic rings. The third kappa shape index (κ3) is 62.6. The molecule has 0 aromatic rings. The Balaban J connectivity index is 5.25. The molecule has 87 heavy (non-hydrogen) atoms. The normalized spacial score (nSPS) is 14.3. The Morgan fingerprint density at radius 2 is 0.483 bits per heavy atom. The van der Waals surface area contributed by atoms with Crippen LogP contribution in [0.2, 0.25) is 0 Å². The molecule has 17 nitrogen and oxygen atoms in total. The van der Waals surface area contributed by atoms with E-state index < -0.39 is 97.5 Å². The highest BCUT2D eigenvalue weighted by atomic mass is 31.2. The van der Waals surface area contributed by atoms with Gasteiger partial charge in [-0.15, -0.1) is 0 Å². The monoisotopic (exact) mass is 1280 g/mol. The summed E-state index contributed by atoms with van der Waals surface area (Å²) in [6, 6.07) is 0. The molecule has 3 N–H and O–H groups in total. The van der Waals surface area contributed by atoms with Crippen LogP contribution in [-0.2, 0) is 65.4 Å². The number of hydrogen-bond donors (Lipinski definition) is 3. The number of esters is 4. The summed E-state index contributed by atoms with van der Waals surface area (Å²) in [6.45, 7) is 14.0. The molecule has 19 heteroatoms. The lowest BCUT2D eigenvalue weighted by Gasteiger charge is -2.21. The maximum absolute atomic E-state index is 13.0. The smallest absolute Gasteiger partial charge is 0.462 e. The molecule has 516 valence electrons. The van der Waals surface area contributed by atoms with Crippen molar-refractivity contribution in [2.24, 2.45) is 23.7 Å². The van der Waals surface area contributed by atoms with Gasteiger partial charge in [-0.2, -0.15) is 0 Å². The second kappa shape index (κ2) is 57.9. The van der Waals surface area contributed by atoms with Crippen LogP contribution in [0.1, 0.15) is 331 Å². The third-order valence-electron chi connectivity index (χ3n) is 15.6. The fourth-order valence-electron chi connectivity index (χ4n) is 10.1. The highest BCUT2D eigenvalue weighted by molar-refractivity contribution is 7.47. The van der Waals surface area contributed by atoms with Gasteiger partial charge >= 0.3 is 39.5 Å². The number of rotatable bonds is 65. The Labute approximate surface area is 530 Å². The van der Waals surface area contributed by atoms with E-state index in [1.807, 2.05) is 0 Å². The second-order valence-electron chi connectivity index (χ2n) is 26.5. The predicted molar refractivity (Wildman–Crippen MR) is 349 cm³/mol. The summed E-state index contributed by atoms with van der Waals surface area (Å²) in [5.74, 6) is 0.799. The van der Waals surface area contributed by atoms with Gasteiger partial charge in [-0.25, -0.2) is 9.13 Å². The average Bonchev–Trinajstić information content (AvgIpc) is 3.66. The Morgan fingerprint density at radius 1 is 0.287 bits per heavy atom. The van der Waals surface area contributed by atoms with Crippen LogP contribution in [-0.4, -0.2) is 96.7 Å². The number of phosphoric acid groups is 2. The summed E-state index contributed by atoms with van der Waals surface area (Å²) in [5, 5.41) is 10.6. The van der Waals surface area contributed by atoms with Crippen LogP contribution >= 0.6 is 15.6 Å². The average molecular weight is 1280 g/mol. The lowest BCUT2D eigenvalue weighted by molar-refractivity contribution is -0.161. The van der Waals surface area contributed by atoms with E-state index in [2.05, 4.69) is 55.4 Å². The zero-order chi connectivity index (χ0) is 64.7. The summed E-state index contributed by atoms with van der Waals surface area (Å²) in [6.07, 6.45) is 39.0. The lowest BCUT2D eigenvalue weighted by atomic mass is 10.0. The van der Waals surface area contributed by atoms with Crippen molar-refractivity contribution in [3.8, 4) is 0 Å². The zero-order valence-corrected chi connectivity index (χ0v) is 58.4. The van der Waals surface area contributed by atoms with Crippen LogP contribution in [0, 0.1) is 23.7 Å². The van der Waals surface area contributed by atoms with Gasteiger partial charge in [0.25, 0.3) is 0 Å². The molecule has 5 atom stereocenters. The fraction of sp³-hybridized carbons (Fsp3) is 0.941. The van der Waals surface area contributed by atoms with Crippen molar-refractivity contribution >= 4 is 39.5 Å². The summed E-state index contributed by atoms with van der Waals surface area (Å²) in [7, 11) is -9.90. The fourth-order valence-corrected chi connectivity index (χ4v) is 11.7. The molecule has 0 amide bonds. The first-order valence-electron chi connectivity index (χ1n) is 35.2. The minimum atomic E-state index is -4.95. The van der Waals surface area contributed by atoms with Crippen molar-refractivity contribution in [2.75, 3.05) is 39.6 Å². The van der Waals surface area contributed by atoms with Crippen LogP contribution in [0.15, 0.2) is 0 Å². The van der Waals surface area contributed by atoms with Gasteiger partial charge in [0.05, 0.1) is 26.4 Å². The third-order valence-corrected chi connectivity index (χ3v) is 17.5. The maximum atomic E-state index is 13.0. The van der Waals surface area contributed by atoms with Crippen molar-refractivity contribution in [3.05, 3.63) is 0 Å². The minimum absolute atomic E-state index is 0.103. The number of aliphatic hydroxyl groups excluding tert-OH is 1. The number of hydrogen-bond acceptors (Lipinski definition) is 15. The van der Waals surface area contributed by atoms with Crippen molar-refractivity contribution in [3.63, 3.8) is 0 Å². The summed E-state index contributed by atoms with van der Waals surface area (Å²) < 4.78 is 68.2. The van der Waals surface area contributed by atoms with Gasteiger partial charge in [0.2, 0.25) is 0 Å². The van der Waals surface area contributed by atoms with Gasteiger partial charge in [0, 0.05) is 25.7 Å². The topological polar surface area (TPSA) is 237 Å². The zero-order valence-electron chi connectivity index (χ0n) is 56.6. The molecular weight excluding hydrogens is 1150 g/mol. The van der Waals surface area contributed by atoms with E-state index in [9.17, 15) is 43.2 Å². The van der Waals surface area contributed by atoms with Gasteiger partial charge in [-0.1, -0.05) is 280 Å². The van der Waals surface area contributed by atoms with E-state index in [0.717, 1.165) is 114 Å². The second-order valence-corrected chi connectivity index (χ2v) is 29.4. The molecule has 0 rings (SSSR count). The Hall–Kier alpha value is -1.94. The van der Waals surface area contributed by atoms with Crippen molar-refractivity contribution in [1.29, 1.82) is 0 Å². The van der Waals surface area contributed by atoms with Crippen molar-refractivity contribution < 1.29 is 80.2 Å². The van der Waals surface area contributed by atoms with Gasteiger partial charge in [0.15, 0.2) is 12.2 Å². The Kier molecular flexibility index (Phi) is 56.6. The van der Waals surface area contributed by atoms with E-state index in [1.54, 1.807) is 0 Å². The van der Waals surface area contributed by atoms with Gasteiger partial charge in [0.1, 0.15) is 19.3 Å². The molecule has 3 unspecified atom stereocenters. The molecule has 0 bridgehead atoms. The quantitative estimate of drug-likeness (QED) is 0.0222. The summed E-state index contributed by atoms with van der Waals surface area (Å²) in [4.78, 5) is 72.4. The molecule has 0 saturated carbocycles. The van der Waals surface area contributed by atoms with Crippen LogP contribution in [0.3, 0.4) is 0 Å². The van der Waals surface area contributed by atoms with Crippen LogP contribution in [0.4, 0.5) is 0 Å². The molecular formula is C68H132O17P2. The molecule has 0 saturated heterocycles. The minimum Gasteiger partial charge on any atom is -0.462 e. The first-order chi connectivity index (χ1) is 41.6. The Morgan fingerprint density at radius 3 is 0.713 bits per heavy atom. The molecule has 0 aromatic heterocycles. The number of ether oxygens (including phenoxy) is 4. The summed E-state index contributed by atoms with van der Waals surface area (Å²) >= 11 is 0. The highest BCUT2D eigenvalue weighted by Gasteiger charge is 2.30. The first-order valence-corrected chi connectivity index (χ1v) is 38.2. The van der Waals surface area contributed by atoms with E-state index in [1.165, 1.54) is 135 Å². The molecule has 0 fully saturated rings. The van der Waals surface area contributed by atoms with E-state index in [0.29, 0.717) is 25.7 Å². The summed E-state index contributed by atoms with van der Waals surface area (Å²) in [5.41, 5.74) is 0. The maximum Gasteiger partial charge on any atom is 0.472 e. The van der Waals surface area contributed by atoms with E-state index in [-0.39, 0.29) is 25.7 Å². The number of carbonyl (C=O) groups is 4. The first kappa shape index (κ1) is 85.1. The van der Waals surface area contributed by atoms with Crippen LogP contribution in [0.25, 0.3) is 0 Å². The molecule has 0 heterocycles. The molecule has 0 aromatic carbocycles. The Bertz CT molecular complexity index is 1730. The van der Waals surface area contributed by atoms with Gasteiger partial charge in [-0.3, -0.25) is 37.3 Å². The standard InChI is InChI=1S/C68H132O17P2/c1-58(2)44-36-28-20-12-10-9-11-13-24-32-40-48-65(70)78-54-63(84-67(72)50-42-34-26-18-15-22-30-38-46-60(5)6)56-82-86(74,75)80-52-62(69)53-81-87(76,77)83-57-64(85-68(73)51-43-35-27-19-16-23-31-39-47-61(7)8)55-79-66(71)49-41-33-25-17-14-21-29-37-45-59(3)4/h58-64,69H,9-57H2,1-8H3,(H,74,75)(H,76,77)/t62?,63-,64-/m1/s1. The largest absolute Gasteiger partial charge is 0.472 e. The number of unbranched alkanes of at least 4 members (excludes halogenated alkanes) is 31. The predicted octanol–water partition coefficient (Wildman–Crippen LogP) is 18.9. The van der Waals surface area contributed by atoms with E-state index in [4.69, 9.17) is 37.0 Å². The van der Waals surface area contributed by atoms with Gasteiger partial charge < -0.3 is 33.8 Å². The highest BCUT2D eigenvalue weighted by Crippen LogP contribution is 2.45. The molecule has 0 aliphatic carbocycles. The lowest BCUT2D eigenvalue weighted by Crippen LogP contribution is -2.30. The number of aliphatic hydroxyl groups is 1. The number of carbonyl (C=O) groups excluding carboxylic acids is 4. The molecule has 0 radical (unpaired) electrons. The number of phosphoric ester groups is 2. The van der Waals surface area contributed by atoms with E-state index >= 15 is 0 Å². The van der Waals surface area contributed by atoms with Crippen molar-refractivity contribution in [2.45, 2.75) is 350 Å². The van der Waals surface area contributed by atoms with Crippen LogP contribution < -0.4 is 0 Å². The van der Waals surface area contributed by atoms with Gasteiger partial charge in [-0.05, 0) is 49.4 Å².